The average Bonchev–Trinajstić information content (AvgIpc) is 2.41. The molecule has 0 aliphatic carbocycles. The zero-order chi connectivity index (χ0) is 15.9. The van der Waals surface area contributed by atoms with Crippen molar-refractivity contribution in [2.24, 2.45) is 10.9 Å². The fourth-order valence-electron chi connectivity index (χ4n) is 2.39. The van der Waals surface area contributed by atoms with Gasteiger partial charge in [-0.15, -0.1) is 24.0 Å². The van der Waals surface area contributed by atoms with Crippen LogP contribution in [-0.4, -0.2) is 56.3 Å². The Kier molecular flexibility index (Phi) is 10.4. The van der Waals surface area contributed by atoms with E-state index in [2.05, 4.69) is 34.4 Å². The molecule has 132 valence electrons. The third-order valence-corrected chi connectivity index (χ3v) is 3.93. The number of rotatable bonds is 5. The molecule has 8 heteroatoms. The van der Waals surface area contributed by atoms with Crippen LogP contribution in [0.15, 0.2) is 4.99 Å². The molecule has 1 aliphatic heterocycles. The number of guanidine groups is 1. The van der Waals surface area contributed by atoms with Crippen LogP contribution in [0.1, 0.15) is 33.1 Å². The van der Waals surface area contributed by atoms with Crippen LogP contribution in [0.4, 0.5) is 13.2 Å². The van der Waals surface area contributed by atoms with Crippen molar-refractivity contribution in [3.05, 3.63) is 0 Å². The van der Waals surface area contributed by atoms with E-state index in [1.54, 1.807) is 7.05 Å². The third-order valence-electron chi connectivity index (χ3n) is 3.93. The van der Waals surface area contributed by atoms with Gasteiger partial charge in [-0.3, -0.25) is 9.89 Å². The van der Waals surface area contributed by atoms with Gasteiger partial charge in [0.05, 0.1) is 6.42 Å². The van der Waals surface area contributed by atoms with Gasteiger partial charge >= 0.3 is 6.18 Å². The molecule has 1 atom stereocenters. The lowest BCUT2D eigenvalue weighted by molar-refractivity contribution is -0.132. The van der Waals surface area contributed by atoms with Gasteiger partial charge in [-0.1, -0.05) is 6.92 Å². The first-order valence-electron chi connectivity index (χ1n) is 7.57. The third kappa shape index (κ3) is 9.02. The Morgan fingerprint density at radius 3 is 2.36 bits per heavy atom. The second-order valence-corrected chi connectivity index (χ2v) is 5.81. The molecule has 1 heterocycles. The van der Waals surface area contributed by atoms with Gasteiger partial charge in [0.1, 0.15) is 0 Å². The van der Waals surface area contributed by atoms with Crippen molar-refractivity contribution in [3.8, 4) is 0 Å². The quantitative estimate of drug-likeness (QED) is 0.396. The van der Waals surface area contributed by atoms with E-state index >= 15 is 0 Å². The fourth-order valence-corrected chi connectivity index (χ4v) is 2.39. The molecule has 0 aromatic carbocycles. The van der Waals surface area contributed by atoms with Crippen LogP contribution in [-0.2, 0) is 0 Å². The number of nitrogens with zero attached hydrogens (tertiary/aromatic N) is 2. The molecule has 0 amide bonds. The molecule has 0 spiro atoms. The minimum absolute atomic E-state index is 0. The highest BCUT2D eigenvalue weighted by Crippen LogP contribution is 2.18. The topological polar surface area (TPSA) is 39.7 Å². The van der Waals surface area contributed by atoms with Gasteiger partial charge in [-0.05, 0) is 38.8 Å². The molecule has 0 radical (unpaired) electrons. The summed E-state index contributed by atoms with van der Waals surface area (Å²) >= 11 is 0. The van der Waals surface area contributed by atoms with Crippen molar-refractivity contribution in [3.63, 3.8) is 0 Å². The molecule has 1 aliphatic rings. The summed E-state index contributed by atoms with van der Waals surface area (Å²) in [5.41, 5.74) is 0. The van der Waals surface area contributed by atoms with Crippen LogP contribution < -0.4 is 10.6 Å². The molecule has 4 nitrogen and oxygen atoms in total. The molecule has 22 heavy (non-hydrogen) atoms. The summed E-state index contributed by atoms with van der Waals surface area (Å²) in [7, 11) is 1.57. The van der Waals surface area contributed by atoms with E-state index in [0.29, 0.717) is 18.5 Å². The molecule has 0 aromatic rings. The lowest BCUT2D eigenvalue weighted by Gasteiger charge is -2.35. The number of likely N-dealkylation sites (tertiary alicyclic amines) is 1. The SMILES string of the molecule is CN=C(NCCC(F)(F)F)NCC(C)N1CCC(C)CC1.I. The molecule has 0 aromatic heterocycles. The normalized spacial score (nSPS) is 19.5. The number of piperidine rings is 1. The van der Waals surface area contributed by atoms with Crippen LogP contribution in [0.25, 0.3) is 0 Å². The van der Waals surface area contributed by atoms with Gasteiger partial charge in [0, 0.05) is 26.2 Å². The van der Waals surface area contributed by atoms with Crippen LogP contribution in [0.5, 0.6) is 0 Å². The van der Waals surface area contributed by atoms with E-state index in [1.165, 1.54) is 12.8 Å². The first-order valence-corrected chi connectivity index (χ1v) is 7.57. The lowest BCUT2D eigenvalue weighted by Crippen LogP contribution is -2.48. The number of halogens is 4. The first-order chi connectivity index (χ1) is 9.81. The maximum Gasteiger partial charge on any atom is 0.390 e. The second kappa shape index (κ2) is 10.5. The van der Waals surface area contributed by atoms with Crippen molar-refractivity contribution in [2.45, 2.75) is 45.3 Å². The van der Waals surface area contributed by atoms with E-state index in [1.807, 2.05) is 0 Å². The van der Waals surface area contributed by atoms with Gasteiger partial charge in [0.2, 0.25) is 0 Å². The van der Waals surface area contributed by atoms with Crippen LogP contribution in [0.2, 0.25) is 0 Å². The molecule has 0 saturated carbocycles. The summed E-state index contributed by atoms with van der Waals surface area (Å²) in [6.07, 6.45) is -2.57. The zero-order valence-corrected chi connectivity index (χ0v) is 15.9. The minimum atomic E-state index is -4.14. The molecule has 1 saturated heterocycles. The number of nitrogens with one attached hydrogen (secondary N) is 2. The van der Waals surface area contributed by atoms with Crippen LogP contribution in [0, 0.1) is 5.92 Å². The Morgan fingerprint density at radius 2 is 1.86 bits per heavy atom. The monoisotopic (exact) mass is 436 g/mol. The maximum atomic E-state index is 12.1. The summed E-state index contributed by atoms with van der Waals surface area (Å²) in [6, 6.07) is 0.346. The number of hydrogen-bond acceptors (Lipinski definition) is 2. The molecule has 1 fully saturated rings. The highest BCUT2D eigenvalue weighted by Gasteiger charge is 2.26. The Labute approximate surface area is 148 Å². The highest BCUT2D eigenvalue weighted by atomic mass is 127. The number of hydrogen-bond donors (Lipinski definition) is 2. The molecule has 1 unspecified atom stereocenters. The molecular formula is C14H28F3IN4. The summed E-state index contributed by atoms with van der Waals surface area (Å²) in [5, 5.41) is 5.79. The van der Waals surface area contributed by atoms with E-state index in [-0.39, 0.29) is 30.5 Å². The second-order valence-electron chi connectivity index (χ2n) is 5.81. The van der Waals surface area contributed by atoms with E-state index in [0.717, 1.165) is 19.0 Å². The van der Waals surface area contributed by atoms with Gasteiger partial charge in [-0.2, -0.15) is 13.2 Å². The Morgan fingerprint density at radius 1 is 1.27 bits per heavy atom. The van der Waals surface area contributed by atoms with Crippen LogP contribution in [0.3, 0.4) is 0 Å². The zero-order valence-electron chi connectivity index (χ0n) is 13.5. The Bertz CT molecular complexity index is 329. The molecule has 1 rings (SSSR count). The van der Waals surface area contributed by atoms with Crippen molar-refractivity contribution in [2.75, 3.05) is 33.2 Å². The van der Waals surface area contributed by atoms with Crippen molar-refractivity contribution >= 4 is 29.9 Å². The largest absolute Gasteiger partial charge is 0.390 e. The van der Waals surface area contributed by atoms with Gasteiger partial charge < -0.3 is 10.6 Å². The average molecular weight is 436 g/mol. The standard InChI is InChI=1S/C14H27F3N4.HI/c1-11-4-8-21(9-5-11)12(2)10-20-13(18-3)19-7-6-14(15,16)17;/h11-12H,4-10H2,1-3H3,(H2,18,19,20);1H. The molecule has 0 bridgehead atoms. The molecule has 2 N–H and O–H groups in total. The maximum absolute atomic E-state index is 12.1. The highest BCUT2D eigenvalue weighted by molar-refractivity contribution is 14.0. The summed E-state index contributed by atoms with van der Waals surface area (Å²) in [6.45, 7) is 7.10. The minimum Gasteiger partial charge on any atom is -0.356 e. The van der Waals surface area contributed by atoms with Gasteiger partial charge in [0.15, 0.2) is 5.96 Å². The predicted molar refractivity (Wildman–Crippen MR) is 94.9 cm³/mol. The first kappa shape index (κ1) is 21.8. The van der Waals surface area contributed by atoms with Gasteiger partial charge in [0.25, 0.3) is 0 Å². The number of alkyl halides is 3. The summed E-state index contributed by atoms with van der Waals surface area (Å²) in [5.74, 6) is 1.22. The van der Waals surface area contributed by atoms with E-state index < -0.39 is 12.6 Å². The van der Waals surface area contributed by atoms with Crippen molar-refractivity contribution in [1.82, 2.24) is 15.5 Å². The molecular weight excluding hydrogens is 408 g/mol. The lowest BCUT2D eigenvalue weighted by atomic mass is 9.98. The van der Waals surface area contributed by atoms with Crippen LogP contribution >= 0.6 is 24.0 Å². The van der Waals surface area contributed by atoms with Gasteiger partial charge in [-0.25, -0.2) is 0 Å². The van der Waals surface area contributed by atoms with Crippen molar-refractivity contribution in [1.29, 1.82) is 0 Å². The smallest absolute Gasteiger partial charge is 0.356 e. The predicted octanol–water partition coefficient (Wildman–Crippen LogP) is 2.84. The summed E-state index contributed by atoms with van der Waals surface area (Å²) in [4.78, 5) is 6.36. The van der Waals surface area contributed by atoms with Crippen molar-refractivity contribution < 1.29 is 13.2 Å². The van der Waals surface area contributed by atoms with E-state index in [9.17, 15) is 13.2 Å². The summed E-state index contributed by atoms with van der Waals surface area (Å²) < 4.78 is 36.3. The Hall–Kier alpha value is -0.250. The van der Waals surface area contributed by atoms with E-state index in [4.69, 9.17) is 0 Å². The number of aliphatic imine (C=N–C) groups is 1. The fraction of sp³-hybridized carbons (Fsp3) is 0.929. The Balaban J connectivity index is 0.00000441.